The number of amides is 3. The summed E-state index contributed by atoms with van der Waals surface area (Å²) < 4.78 is 0. The minimum atomic E-state index is -0.668. The van der Waals surface area contributed by atoms with E-state index in [1.807, 2.05) is 23.2 Å². The van der Waals surface area contributed by atoms with Crippen LogP contribution in [0.3, 0.4) is 0 Å². The molecule has 186 valence electrons. The van der Waals surface area contributed by atoms with Crippen LogP contribution in [0.4, 0.5) is 4.79 Å². The largest absolute Gasteiger partial charge is 0.327 e. The van der Waals surface area contributed by atoms with Gasteiger partial charge in [-0.3, -0.25) is 19.6 Å². The molecule has 3 aliphatic rings. The highest BCUT2D eigenvalue weighted by molar-refractivity contribution is 6.07. The van der Waals surface area contributed by atoms with E-state index in [4.69, 9.17) is 0 Å². The zero-order valence-corrected chi connectivity index (χ0v) is 21.2. The van der Waals surface area contributed by atoms with E-state index in [1.165, 1.54) is 17.5 Å². The summed E-state index contributed by atoms with van der Waals surface area (Å²) in [5, 5.41) is 0. The van der Waals surface area contributed by atoms with Crippen LogP contribution in [0, 0.1) is 5.92 Å². The van der Waals surface area contributed by atoms with Crippen LogP contribution >= 0.6 is 0 Å². The molecule has 1 aliphatic carbocycles. The van der Waals surface area contributed by atoms with Crippen molar-refractivity contribution in [1.82, 2.24) is 19.7 Å². The SMILES string of the molecule is CC(C)CN1C(=O)N(CCCc2cccnc2)C(=O)C12CCN([C@@H]1CCc3ccccc3C1)CC2. The molecule has 2 saturated heterocycles. The number of imide groups is 1. The zero-order valence-electron chi connectivity index (χ0n) is 21.2. The summed E-state index contributed by atoms with van der Waals surface area (Å²) in [4.78, 5) is 37.5. The predicted molar refractivity (Wildman–Crippen MR) is 137 cm³/mol. The van der Waals surface area contributed by atoms with Gasteiger partial charge in [-0.2, -0.15) is 0 Å². The molecule has 1 spiro atoms. The van der Waals surface area contributed by atoms with Crippen LogP contribution in [0.2, 0.25) is 0 Å². The van der Waals surface area contributed by atoms with Crippen molar-refractivity contribution in [3.8, 4) is 0 Å². The van der Waals surface area contributed by atoms with E-state index in [9.17, 15) is 9.59 Å². The summed E-state index contributed by atoms with van der Waals surface area (Å²) in [5.41, 5.74) is 3.43. The number of fused-ring (bicyclic) bond motifs is 1. The average Bonchev–Trinajstić information content (AvgIpc) is 3.06. The first-order chi connectivity index (χ1) is 17.0. The maximum atomic E-state index is 13.8. The summed E-state index contributed by atoms with van der Waals surface area (Å²) >= 11 is 0. The summed E-state index contributed by atoms with van der Waals surface area (Å²) in [6, 6.07) is 13.2. The predicted octanol–water partition coefficient (Wildman–Crippen LogP) is 4.33. The fourth-order valence-electron chi connectivity index (χ4n) is 6.32. The van der Waals surface area contributed by atoms with E-state index in [0.717, 1.165) is 57.2 Å². The van der Waals surface area contributed by atoms with Gasteiger partial charge in [-0.25, -0.2) is 4.79 Å². The lowest BCUT2D eigenvalue weighted by Gasteiger charge is -2.46. The summed E-state index contributed by atoms with van der Waals surface area (Å²) in [6.07, 6.45) is 10.1. The van der Waals surface area contributed by atoms with Crippen LogP contribution in [0.25, 0.3) is 0 Å². The van der Waals surface area contributed by atoms with E-state index in [2.05, 4.69) is 48.0 Å². The van der Waals surface area contributed by atoms with Gasteiger partial charge in [0.05, 0.1) is 0 Å². The molecule has 0 saturated carbocycles. The van der Waals surface area contributed by atoms with Gasteiger partial charge in [0.2, 0.25) is 0 Å². The maximum Gasteiger partial charge on any atom is 0.327 e. The third kappa shape index (κ3) is 4.73. The molecule has 3 amide bonds. The van der Waals surface area contributed by atoms with E-state index in [0.29, 0.717) is 25.0 Å². The van der Waals surface area contributed by atoms with Gasteiger partial charge in [-0.05, 0) is 73.6 Å². The standard InChI is InChI=1S/C29H38N4O2/c1-22(2)21-33-28(35)32(16-6-8-23-7-5-15-30-20-23)27(34)29(33)13-17-31(18-14-29)26-12-11-24-9-3-4-10-25(24)19-26/h3-5,7,9-10,15,20,22,26H,6,8,11-14,16-19,21H2,1-2H3/t26-/m1/s1. The van der Waals surface area contributed by atoms with Crippen molar-refractivity contribution >= 4 is 11.9 Å². The molecule has 6 nitrogen and oxygen atoms in total. The number of aromatic nitrogens is 1. The highest BCUT2D eigenvalue weighted by Gasteiger charge is 2.57. The van der Waals surface area contributed by atoms with Crippen LogP contribution in [0.1, 0.15) is 56.2 Å². The Morgan fingerprint density at radius 1 is 1.06 bits per heavy atom. The molecule has 1 aromatic carbocycles. The number of aryl methyl sites for hydroxylation is 2. The second-order valence-corrected chi connectivity index (χ2v) is 10.9. The van der Waals surface area contributed by atoms with Crippen LogP contribution < -0.4 is 0 Å². The Labute approximate surface area is 209 Å². The third-order valence-electron chi connectivity index (χ3n) is 8.20. The second-order valence-electron chi connectivity index (χ2n) is 10.9. The highest BCUT2D eigenvalue weighted by Crippen LogP contribution is 2.39. The molecule has 0 bridgehead atoms. The molecule has 0 radical (unpaired) electrons. The maximum absolute atomic E-state index is 13.8. The summed E-state index contributed by atoms with van der Waals surface area (Å²) in [6.45, 7) is 7.14. The van der Waals surface area contributed by atoms with E-state index >= 15 is 0 Å². The summed E-state index contributed by atoms with van der Waals surface area (Å²) in [5.74, 6) is 0.356. The fourth-order valence-corrected chi connectivity index (χ4v) is 6.32. The molecule has 2 aromatic rings. The number of hydrogen-bond acceptors (Lipinski definition) is 4. The van der Waals surface area contributed by atoms with Crippen LogP contribution in [-0.4, -0.2) is 69.4 Å². The van der Waals surface area contributed by atoms with E-state index in [1.54, 1.807) is 11.1 Å². The molecule has 1 aromatic heterocycles. The Bertz CT molecular complexity index is 1050. The molecular weight excluding hydrogens is 436 g/mol. The molecule has 6 heteroatoms. The smallest absolute Gasteiger partial charge is 0.309 e. The number of carbonyl (C=O) groups is 2. The van der Waals surface area contributed by atoms with Crippen LogP contribution in [-0.2, 0) is 24.1 Å². The highest BCUT2D eigenvalue weighted by atomic mass is 16.2. The number of benzene rings is 1. The van der Waals surface area contributed by atoms with Crippen molar-refractivity contribution in [2.75, 3.05) is 26.2 Å². The van der Waals surface area contributed by atoms with Crippen molar-refractivity contribution < 1.29 is 9.59 Å². The van der Waals surface area contributed by atoms with Gasteiger partial charge in [-0.1, -0.05) is 44.2 Å². The molecule has 2 fully saturated rings. The Balaban J connectivity index is 1.26. The van der Waals surface area contributed by atoms with Gasteiger partial charge in [0.25, 0.3) is 5.91 Å². The number of nitrogens with zero attached hydrogens (tertiary/aromatic N) is 4. The Morgan fingerprint density at radius 3 is 2.54 bits per heavy atom. The molecule has 3 heterocycles. The van der Waals surface area contributed by atoms with Gasteiger partial charge in [-0.15, -0.1) is 0 Å². The zero-order chi connectivity index (χ0) is 24.4. The number of likely N-dealkylation sites (tertiary alicyclic amines) is 1. The van der Waals surface area contributed by atoms with Crippen LogP contribution in [0.15, 0.2) is 48.8 Å². The number of piperidine rings is 1. The van der Waals surface area contributed by atoms with Crippen molar-refractivity contribution in [3.63, 3.8) is 0 Å². The average molecular weight is 475 g/mol. The second kappa shape index (κ2) is 10.1. The number of urea groups is 1. The minimum absolute atomic E-state index is 0.0305. The number of rotatable bonds is 7. The van der Waals surface area contributed by atoms with E-state index in [-0.39, 0.29) is 11.9 Å². The topological polar surface area (TPSA) is 56.8 Å². The Hall–Kier alpha value is -2.73. The first-order valence-electron chi connectivity index (χ1n) is 13.3. The lowest BCUT2D eigenvalue weighted by Crippen LogP contribution is -2.59. The molecule has 35 heavy (non-hydrogen) atoms. The number of pyridine rings is 1. The van der Waals surface area contributed by atoms with E-state index < -0.39 is 5.54 Å². The van der Waals surface area contributed by atoms with Crippen molar-refractivity contribution in [2.45, 2.75) is 70.4 Å². The van der Waals surface area contributed by atoms with Gasteiger partial charge >= 0.3 is 6.03 Å². The minimum Gasteiger partial charge on any atom is -0.309 e. The molecule has 2 aliphatic heterocycles. The van der Waals surface area contributed by atoms with Gasteiger partial charge in [0.15, 0.2) is 0 Å². The third-order valence-corrected chi connectivity index (χ3v) is 8.20. The lowest BCUT2D eigenvalue weighted by atomic mass is 9.82. The summed E-state index contributed by atoms with van der Waals surface area (Å²) in [7, 11) is 0. The number of carbonyl (C=O) groups excluding carboxylic acids is 2. The molecule has 0 N–H and O–H groups in total. The van der Waals surface area contributed by atoms with Gasteiger partial charge in [0, 0.05) is 44.6 Å². The fraction of sp³-hybridized carbons (Fsp3) is 0.552. The Morgan fingerprint density at radius 2 is 1.83 bits per heavy atom. The van der Waals surface area contributed by atoms with Crippen molar-refractivity contribution in [3.05, 3.63) is 65.5 Å². The Kier molecular flexibility index (Phi) is 6.92. The monoisotopic (exact) mass is 474 g/mol. The van der Waals surface area contributed by atoms with Gasteiger partial charge < -0.3 is 4.90 Å². The quantitative estimate of drug-likeness (QED) is 0.561. The normalized spacial score (nSPS) is 22.3. The molecular formula is C29H38N4O2. The molecule has 0 unspecified atom stereocenters. The first kappa shape index (κ1) is 24.0. The van der Waals surface area contributed by atoms with Crippen molar-refractivity contribution in [2.24, 2.45) is 5.92 Å². The van der Waals surface area contributed by atoms with Crippen molar-refractivity contribution in [1.29, 1.82) is 0 Å². The lowest BCUT2D eigenvalue weighted by molar-refractivity contribution is -0.136. The van der Waals surface area contributed by atoms with Crippen LogP contribution in [0.5, 0.6) is 0 Å². The molecule has 1 atom stereocenters. The molecule has 5 rings (SSSR count). The van der Waals surface area contributed by atoms with Gasteiger partial charge in [0.1, 0.15) is 5.54 Å². The number of hydrogen-bond donors (Lipinski definition) is 0. The first-order valence-corrected chi connectivity index (χ1v) is 13.3.